The highest BCUT2D eigenvalue weighted by Gasteiger charge is 2.16. The predicted molar refractivity (Wildman–Crippen MR) is 79.5 cm³/mol. The van der Waals surface area contributed by atoms with Crippen LogP contribution in [0.4, 0.5) is 0 Å². The van der Waals surface area contributed by atoms with E-state index in [9.17, 15) is 0 Å². The molecule has 3 rings (SSSR count). The molecular weight excluding hydrogens is 234 g/mol. The number of piperidine rings is 1. The van der Waals surface area contributed by atoms with Crippen molar-refractivity contribution in [2.24, 2.45) is 5.92 Å². The van der Waals surface area contributed by atoms with E-state index >= 15 is 0 Å². The topological polar surface area (TPSA) is 29.9 Å². The van der Waals surface area contributed by atoms with Crippen molar-refractivity contribution in [3.05, 3.63) is 29.1 Å². The van der Waals surface area contributed by atoms with Crippen molar-refractivity contribution in [1.29, 1.82) is 0 Å². The van der Waals surface area contributed by atoms with Gasteiger partial charge in [0.2, 0.25) is 0 Å². The Labute approximate surface area is 115 Å². The Hall–Kier alpha value is -1.35. The van der Waals surface area contributed by atoms with Gasteiger partial charge in [-0.2, -0.15) is 0 Å². The monoisotopic (exact) mass is 257 g/mol. The maximum absolute atomic E-state index is 4.73. The van der Waals surface area contributed by atoms with Crippen LogP contribution in [0.3, 0.4) is 0 Å². The van der Waals surface area contributed by atoms with Crippen LogP contribution < -0.4 is 5.32 Å². The molecule has 102 valence electrons. The number of rotatable bonds is 2. The summed E-state index contributed by atoms with van der Waals surface area (Å²) in [5.74, 6) is 1.94. The number of benzene rings is 1. The molecule has 0 aliphatic carbocycles. The lowest BCUT2D eigenvalue weighted by atomic mass is 9.98. The van der Waals surface area contributed by atoms with Crippen molar-refractivity contribution < 1.29 is 0 Å². The first-order valence-electron chi connectivity index (χ1n) is 7.30. The lowest BCUT2D eigenvalue weighted by Gasteiger charge is -2.23. The Kier molecular flexibility index (Phi) is 3.31. The summed E-state index contributed by atoms with van der Waals surface area (Å²) in [7, 11) is 0. The quantitative estimate of drug-likeness (QED) is 0.896. The van der Waals surface area contributed by atoms with Crippen LogP contribution in [0, 0.1) is 26.7 Å². The zero-order valence-electron chi connectivity index (χ0n) is 12.2. The molecule has 1 N–H and O–H groups in total. The van der Waals surface area contributed by atoms with Crippen LogP contribution >= 0.6 is 0 Å². The summed E-state index contributed by atoms with van der Waals surface area (Å²) >= 11 is 0. The van der Waals surface area contributed by atoms with Crippen LogP contribution in [-0.2, 0) is 6.54 Å². The number of nitrogens with one attached hydrogen (secondary N) is 1. The van der Waals surface area contributed by atoms with Crippen molar-refractivity contribution >= 4 is 11.0 Å². The number of hydrogen-bond acceptors (Lipinski definition) is 2. The van der Waals surface area contributed by atoms with Crippen LogP contribution in [0.25, 0.3) is 11.0 Å². The molecule has 0 bridgehead atoms. The lowest BCUT2D eigenvalue weighted by Crippen LogP contribution is -2.30. The molecule has 1 aliphatic heterocycles. The van der Waals surface area contributed by atoms with Crippen LogP contribution in [0.5, 0.6) is 0 Å². The second kappa shape index (κ2) is 4.97. The molecule has 0 amide bonds. The molecule has 2 aromatic rings. The van der Waals surface area contributed by atoms with Gasteiger partial charge in [0.05, 0.1) is 11.0 Å². The molecule has 1 aromatic carbocycles. The smallest absolute Gasteiger partial charge is 0.106 e. The van der Waals surface area contributed by atoms with Crippen molar-refractivity contribution in [3.63, 3.8) is 0 Å². The molecule has 19 heavy (non-hydrogen) atoms. The Morgan fingerprint density at radius 1 is 1.16 bits per heavy atom. The zero-order valence-corrected chi connectivity index (χ0v) is 12.2. The fourth-order valence-electron chi connectivity index (χ4n) is 3.05. The molecule has 0 radical (unpaired) electrons. The summed E-state index contributed by atoms with van der Waals surface area (Å²) < 4.78 is 2.41. The highest BCUT2D eigenvalue weighted by molar-refractivity contribution is 5.78. The van der Waals surface area contributed by atoms with E-state index in [0.29, 0.717) is 0 Å². The molecular formula is C16H23N3. The van der Waals surface area contributed by atoms with Gasteiger partial charge in [0, 0.05) is 6.54 Å². The Morgan fingerprint density at radius 2 is 1.84 bits per heavy atom. The third-order valence-corrected chi connectivity index (χ3v) is 4.45. The van der Waals surface area contributed by atoms with E-state index < -0.39 is 0 Å². The van der Waals surface area contributed by atoms with Gasteiger partial charge in [0.1, 0.15) is 5.82 Å². The van der Waals surface area contributed by atoms with Crippen LogP contribution in [-0.4, -0.2) is 22.6 Å². The molecule has 1 saturated heterocycles. The lowest BCUT2D eigenvalue weighted by molar-refractivity contribution is 0.334. The van der Waals surface area contributed by atoms with Crippen LogP contribution in [0.1, 0.15) is 29.8 Å². The number of aryl methyl sites for hydroxylation is 3. The minimum Gasteiger partial charge on any atom is -0.328 e. The van der Waals surface area contributed by atoms with E-state index in [1.807, 2.05) is 0 Å². The third-order valence-electron chi connectivity index (χ3n) is 4.45. The molecule has 3 nitrogen and oxygen atoms in total. The van der Waals surface area contributed by atoms with E-state index in [1.54, 1.807) is 0 Å². The molecule has 1 aromatic heterocycles. The Bertz CT molecular complexity index is 592. The summed E-state index contributed by atoms with van der Waals surface area (Å²) in [6.07, 6.45) is 2.56. The standard InChI is InChI=1S/C16H23N3/c1-11-8-15-16(9-12(11)2)19(13(3)18-15)10-14-4-6-17-7-5-14/h8-9,14,17H,4-7,10H2,1-3H3. The van der Waals surface area contributed by atoms with Crippen LogP contribution in [0.2, 0.25) is 0 Å². The maximum Gasteiger partial charge on any atom is 0.106 e. The van der Waals surface area contributed by atoms with Gasteiger partial charge in [-0.3, -0.25) is 0 Å². The first-order chi connectivity index (χ1) is 9.15. The second-order valence-electron chi connectivity index (χ2n) is 5.89. The Morgan fingerprint density at radius 3 is 2.58 bits per heavy atom. The number of nitrogens with zero attached hydrogens (tertiary/aromatic N) is 2. The van der Waals surface area contributed by atoms with Crippen LogP contribution in [0.15, 0.2) is 12.1 Å². The highest BCUT2D eigenvalue weighted by Crippen LogP contribution is 2.23. The minimum atomic E-state index is 0.791. The fourth-order valence-corrected chi connectivity index (χ4v) is 3.05. The summed E-state index contributed by atoms with van der Waals surface area (Å²) in [6.45, 7) is 9.92. The second-order valence-corrected chi connectivity index (χ2v) is 5.89. The number of hydrogen-bond donors (Lipinski definition) is 1. The van der Waals surface area contributed by atoms with Crippen molar-refractivity contribution in [2.75, 3.05) is 13.1 Å². The predicted octanol–water partition coefficient (Wildman–Crippen LogP) is 2.96. The van der Waals surface area contributed by atoms with Gasteiger partial charge < -0.3 is 9.88 Å². The third kappa shape index (κ3) is 2.39. The van der Waals surface area contributed by atoms with E-state index in [-0.39, 0.29) is 0 Å². The summed E-state index contributed by atoms with van der Waals surface area (Å²) in [5, 5.41) is 3.44. The summed E-state index contributed by atoms with van der Waals surface area (Å²) in [5.41, 5.74) is 5.15. The van der Waals surface area contributed by atoms with Crippen molar-refractivity contribution in [3.8, 4) is 0 Å². The molecule has 1 aliphatic rings. The van der Waals surface area contributed by atoms with Gasteiger partial charge >= 0.3 is 0 Å². The Balaban J connectivity index is 1.97. The van der Waals surface area contributed by atoms with Gasteiger partial charge in [-0.05, 0) is 75.9 Å². The summed E-state index contributed by atoms with van der Waals surface area (Å²) in [4.78, 5) is 4.73. The average molecular weight is 257 g/mol. The van der Waals surface area contributed by atoms with E-state index in [4.69, 9.17) is 4.98 Å². The first-order valence-corrected chi connectivity index (χ1v) is 7.30. The van der Waals surface area contributed by atoms with Gasteiger partial charge in [-0.15, -0.1) is 0 Å². The minimum absolute atomic E-state index is 0.791. The van der Waals surface area contributed by atoms with E-state index in [0.717, 1.165) is 36.9 Å². The number of fused-ring (bicyclic) bond motifs is 1. The van der Waals surface area contributed by atoms with Crippen molar-refractivity contribution in [1.82, 2.24) is 14.9 Å². The van der Waals surface area contributed by atoms with E-state index in [1.165, 1.54) is 29.5 Å². The van der Waals surface area contributed by atoms with Gasteiger partial charge in [0.25, 0.3) is 0 Å². The highest BCUT2D eigenvalue weighted by atomic mass is 15.1. The molecule has 2 heterocycles. The zero-order chi connectivity index (χ0) is 13.4. The SMILES string of the molecule is Cc1cc2nc(C)n(CC3CCNCC3)c2cc1C. The molecule has 0 saturated carbocycles. The summed E-state index contributed by atoms with van der Waals surface area (Å²) in [6, 6.07) is 4.52. The average Bonchev–Trinajstić information content (AvgIpc) is 2.68. The fraction of sp³-hybridized carbons (Fsp3) is 0.562. The van der Waals surface area contributed by atoms with E-state index in [2.05, 4.69) is 42.8 Å². The first kappa shape index (κ1) is 12.7. The normalized spacial score (nSPS) is 17.2. The largest absolute Gasteiger partial charge is 0.328 e. The molecule has 0 spiro atoms. The van der Waals surface area contributed by atoms with Gasteiger partial charge in [0.15, 0.2) is 0 Å². The number of aromatic nitrogens is 2. The molecule has 1 fully saturated rings. The number of imidazole rings is 1. The van der Waals surface area contributed by atoms with Gasteiger partial charge in [-0.25, -0.2) is 4.98 Å². The molecule has 0 unspecified atom stereocenters. The van der Waals surface area contributed by atoms with Gasteiger partial charge in [-0.1, -0.05) is 0 Å². The van der Waals surface area contributed by atoms with Crippen molar-refractivity contribution in [2.45, 2.75) is 40.2 Å². The molecule has 0 atom stereocenters. The maximum atomic E-state index is 4.73. The molecule has 3 heteroatoms.